The third kappa shape index (κ3) is 5.52. The summed E-state index contributed by atoms with van der Waals surface area (Å²) in [6.45, 7) is 2.16. The van der Waals surface area contributed by atoms with Gasteiger partial charge in [0.1, 0.15) is 5.60 Å². The highest BCUT2D eigenvalue weighted by Gasteiger charge is 2.47. The highest BCUT2D eigenvalue weighted by molar-refractivity contribution is 5.47. The van der Waals surface area contributed by atoms with Gasteiger partial charge in [-0.05, 0) is 42.9 Å². The molecule has 1 fully saturated rings. The fourth-order valence-electron chi connectivity index (χ4n) is 4.42. The SMILES string of the molecule is CCC[C@H]1CC[C@H](C2(OC(F)(F)F)C=CC(C#Cc3ccccc3)=CC2)CC1. The summed E-state index contributed by atoms with van der Waals surface area (Å²) in [4.78, 5) is 0. The van der Waals surface area contributed by atoms with Crippen LogP contribution in [0.2, 0.25) is 0 Å². The molecule has 1 unspecified atom stereocenters. The van der Waals surface area contributed by atoms with Gasteiger partial charge in [-0.1, -0.05) is 74.8 Å². The maximum absolute atomic E-state index is 13.2. The molecular formula is C24H27F3O. The second kappa shape index (κ2) is 9.01. The average Bonchev–Trinajstić information content (AvgIpc) is 2.68. The Labute approximate surface area is 165 Å². The van der Waals surface area contributed by atoms with Crippen molar-refractivity contribution < 1.29 is 17.9 Å². The molecule has 0 aromatic heterocycles. The largest absolute Gasteiger partial charge is 0.523 e. The topological polar surface area (TPSA) is 9.23 Å². The Morgan fingerprint density at radius 2 is 1.79 bits per heavy atom. The lowest BCUT2D eigenvalue weighted by Gasteiger charge is -2.43. The summed E-state index contributed by atoms with van der Waals surface area (Å²) in [5.41, 5.74) is 0.326. The van der Waals surface area contributed by atoms with Gasteiger partial charge >= 0.3 is 6.36 Å². The van der Waals surface area contributed by atoms with E-state index < -0.39 is 12.0 Å². The van der Waals surface area contributed by atoms with Crippen molar-refractivity contribution in [2.45, 2.75) is 63.8 Å². The molecule has 1 aromatic carbocycles. The zero-order valence-electron chi connectivity index (χ0n) is 16.3. The lowest BCUT2D eigenvalue weighted by Crippen LogP contribution is -2.45. The summed E-state index contributed by atoms with van der Waals surface area (Å²) in [6, 6.07) is 9.55. The van der Waals surface area contributed by atoms with Gasteiger partial charge in [0.15, 0.2) is 0 Å². The second-order valence-corrected chi connectivity index (χ2v) is 7.82. The minimum Gasteiger partial charge on any atom is -0.280 e. The van der Waals surface area contributed by atoms with E-state index in [1.807, 2.05) is 30.3 Å². The highest BCUT2D eigenvalue weighted by Crippen LogP contribution is 2.45. The lowest BCUT2D eigenvalue weighted by molar-refractivity contribution is -0.366. The normalized spacial score (nSPS) is 27.6. The Hall–Kier alpha value is -1.99. The van der Waals surface area contributed by atoms with Crippen LogP contribution in [0.4, 0.5) is 13.2 Å². The van der Waals surface area contributed by atoms with Crippen molar-refractivity contribution in [2.24, 2.45) is 11.8 Å². The van der Waals surface area contributed by atoms with Crippen molar-refractivity contribution in [3.8, 4) is 11.8 Å². The van der Waals surface area contributed by atoms with E-state index in [1.165, 1.54) is 0 Å². The molecule has 0 amide bonds. The van der Waals surface area contributed by atoms with Gasteiger partial charge in [0.25, 0.3) is 0 Å². The summed E-state index contributed by atoms with van der Waals surface area (Å²) >= 11 is 0. The van der Waals surface area contributed by atoms with Gasteiger partial charge < -0.3 is 0 Å². The molecule has 0 saturated heterocycles. The van der Waals surface area contributed by atoms with Crippen LogP contribution >= 0.6 is 0 Å². The zero-order valence-corrected chi connectivity index (χ0v) is 16.3. The van der Waals surface area contributed by atoms with E-state index in [9.17, 15) is 13.2 Å². The lowest BCUT2D eigenvalue weighted by atomic mass is 9.70. The number of allylic oxidation sites excluding steroid dienone is 2. The van der Waals surface area contributed by atoms with E-state index in [0.29, 0.717) is 5.92 Å². The number of ether oxygens (including phenoxy) is 1. The number of alkyl halides is 3. The molecule has 1 nitrogen and oxygen atoms in total. The predicted octanol–water partition coefficient (Wildman–Crippen LogP) is 6.81. The Morgan fingerprint density at radius 1 is 1.07 bits per heavy atom. The zero-order chi connectivity index (χ0) is 20.0. The number of rotatable bonds is 4. The van der Waals surface area contributed by atoms with Crippen LogP contribution in [0.15, 0.2) is 54.1 Å². The number of benzene rings is 1. The molecule has 28 heavy (non-hydrogen) atoms. The quantitative estimate of drug-likeness (QED) is 0.515. The average molecular weight is 388 g/mol. The summed E-state index contributed by atoms with van der Waals surface area (Å²) in [7, 11) is 0. The first-order chi connectivity index (χ1) is 13.4. The Bertz CT molecular complexity index is 759. The first-order valence-electron chi connectivity index (χ1n) is 10.1. The highest BCUT2D eigenvalue weighted by atomic mass is 19.4. The Morgan fingerprint density at radius 3 is 2.36 bits per heavy atom. The molecule has 3 rings (SSSR count). The molecule has 0 N–H and O–H groups in total. The van der Waals surface area contributed by atoms with Gasteiger partial charge in [0.05, 0.1) is 0 Å². The first kappa shape index (κ1) is 20.7. The molecular weight excluding hydrogens is 361 g/mol. The van der Waals surface area contributed by atoms with E-state index >= 15 is 0 Å². The van der Waals surface area contributed by atoms with E-state index in [1.54, 1.807) is 18.2 Å². The van der Waals surface area contributed by atoms with Crippen LogP contribution in [0.1, 0.15) is 57.4 Å². The van der Waals surface area contributed by atoms with Crippen LogP contribution in [0.25, 0.3) is 0 Å². The fraction of sp³-hybridized carbons (Fsp3) is 0.500. The Kier molecular flexibility index (Phi) is 6.67. The molecule has 0 radical (unpaired) electrons. The van der Waals surface area contributed by atoms with Crippen LogP contribution in [0, 0.1) is 23.7 Å². The van der Waals surface area contributed by atoms with E-state index in [4.69, 9.17) is 4.74 Å². The molecule has 1 atom stereocenters. The maximum Gasteiger partial charge on any atom is 0.523 e. The van der Waals surface area contributed by atoms with Crippen LogP contribution in [-0.2, 0) is 4.74 Å². The fourth-order valence-corrected chi connectivity index (χ4v) is 4.42. The molecule has 4 heteroatoms. The van der Waals surface area contributed by atoms with Gasteiger partial charge in [0, 0.05) is 17.6 Å². The van der Waals surface area contributed by atoms with Crippen LogP contribution in [-0.4, -0.2) is 12.0 Å². The van der Waals surface area contributed by atoms with Crippen molar-refractivity contribution >= 4 is 0 Å². The first-order valence-corrected chi connectivity index (χ1v) is 10.1. The van der Waals surface area contributed by atoms with Crippen LogP contribution < -0.4 is 0 Å². The van der Waals surface area contributed by atoms with E-state index in [2.05, 4.69) is 18.8 Å². The minimum absolute atomic E-state index is 0.113. The minimum atomic E-state index is -4.65. The summed E-state index contributed by atoms with van der Waals surface area (Å²) in [5, 5.41) is 0. The summed E-state index contributed by atoms with van der Waals surface area (Å²) in [6.07, 6.45) is 6.49. The third-order valence-electron chi connectivity index (χ3n) is 5.85. The van der Waals surface area contributed by atoms with E-state index in [-0.39, 0.29) is 12.3 Å². The standard InChI is InChI=1S/C24H27F3O/c1-2-6-19-11-13-22(14-12-19)23(28-24(25,26)27)17-15-21(16-18-23)10-9-20-7-4-3-5-8-20/h3-5,7-8,15-17,19,22H,2,6,11-14,18H2,1H3/t19-,22-,23?. The molecule has 150 valence electrons. The molecule has 0 aliphatic heterocycles. The smallest absolute Gasteiger partial charge is 0.280 e. The van der Waals surface area contributed by atoms with Crippen molar-refractivity contribution in [2.75, 3.05) is 0 Å². The van der Waals surface area contributed by atoms with Gasteiger partial charge in [-0.2, -0.15) is 0 Å². The molecule has 0 bridgehead atoms. The number of halogens is 3. The van der Waals surface area contributed by atoms with Crippen molar-refractivity contribution in [3.63, 3.8) is 0 Å². The predicted molar refractivity (Wildman–Crippen MR) is 105 cm³/mol. The molecule has 1 saturated carbocycles. The second-order valence-electron chi connectivity index (χ2n) is 7.82. The van der Waals surface area contributed by atoms with Gasteiger partial charge in [0.2, 0.25) is 0 Å². The molecule has 2 aliphatic rings. The summed E-state index contributed by atoms with van der Waals surface area (Å²) in [5.74, 6) is 6.64. The summed E-state index contributed by atoms with van der Waals surface area (Å²) < 4.78 is 44.3. The van der Waals surface area contributed by atoms with Crippen molar-refractivity contribution in [3.05, 3.63) is 59.7 Å². The molecule has 2 aliphatic carbocycles. The van der Waals surface area contributed by atoms with E-state index in [0.717, 1.165) is 49.7 Å². The van der Waals surface area contributed by atoms with Gasteiger partial charge in [-0.25, -0.2) is 0 Å². The number of hydrogen-bond donors (Lipinski definition) is 0. The number of hydrogen-bond acceptors (Lipinski definition) is 1. The maximum atomic E-state index is 13.2. The van der Waals surface area contributed by atoms with Crippen molar-refractivity contribution in [1.29, 1.82) is 0 Å². The monoisotopic (exact) mass is 388 g/mol. The molecule has 0 spiro atoms. The van der Waals surface area contributed by atoms with Crippen molar-refractivity contribution in [1.82, 2.24) is 0 Å². The van der Waals surface area contributed by atoms with Crippen LogP contribution in [0.3, 0.4) is 0 Å². The Balaban J connectivity index is 1.73. The van der Waals surface area contributed by atoms with Crippen LogP contribution in [0.5, 0.6) is 0 Å². The van der Waals surface area contributed by atoms with Gasteiger partial charge in [-0.15, -0.1) is 13.2 Å². The third-order valence-corrected chi connectivity index (χ3v) is 5.85. The molecule has 1 aromatic rings. The van der Waals surface area contributed by atoms with Gasteiger partial charge in [-0.3, -0.25) is 4.74 Å². The molecule has 0 heterocycles.